The fraction of sp³-hybridized carbons (Fsp3) is 0.385. The molecule has 0 N–H and O–H groups in total. The van der Waals surface area contributed by atoms with Crippen molar-refractivity contribution >= 4 is 44.1 Å². The Morgan fingerprint density at radius 2 is 1.60 bits per heavy atom. The Hall–Kier alpha value is -0.910. The van der Waals surface area contributed by atoms with E-state index in [2.05, 4.69) is 9.97 Å². The van der Waals surface area contributed by atoms with E-state index < -0.39 is 9.84 Å². The third-order valence-corrected chi connectivity index (χ3v) is 4.45. The smallest absolute Gasteiger partial charge is 0.194 e. The van der Waals surface area contributed by atoms with Gasteiger partial charge in [-0.05, 0) is 24.5 Å². The van der Waals surface area contributed by atoms with Crippen LogP contribution in [0, 0.1) is 5.92 Å². The minimum absolute atomic E-state index is 0.0112. The van der Waals surface area contributed by atoms with Crippen LogP contribution in [0.3, 0.4) is 0 Å². The Balaban J connectivity index is 2.78. The number of hydrogen-bond donors (Lipinski definition) is 0. The van der Waals surface area contributed by atoms with E-state index in [1.165, 1.54) is 6.07 Å². The van der Waals surface area contributed by atoms with E-state index in [9.17, 15) is 8.42 Å². The summed E-state index contributed by atoms with van der Waals surface area (Å²) in [5.41, 5.74) is 1.43. The van der Waals surface area contributed by atoms with Crippen molar-refractivity contribution in [2.24, 2.45) is 5.92 Å². The summed E-state index contributed by atoms with van der Waals surface area (Å²) >= 11 is 11.9. The van der Waals surface area contributed by atoms with E-state index in [1.54, 1.807) is 6.07 Å². The molecule has 0 bridgehead atoms. The highest BCUT2D eigenvalue weighted by atomic mass is 35.5. The maximum atomic E-state index is 11.9. The normalized spacial score (nSPS) is 12.3. The van der Waals surface area contributed by atoms with Crippen molar-refractivity contribution in [3.05, 3.63) is 27.9 Å². The number of rotatable bonds is 3. The molecule has 0 saturated carbocycles. The Labute approximate surface area is 128 Å². The Kier molecular flexibility index (Phi) is 4.23. The number of halogens is 2. The quantitative estimate of drug-likeness (QED) is 0.862. The van der Waals surface area contributed by atoms with Crippen molar-refractivity contribution in [3.8, 4) is 0 Å². The predicted molar refractivity (Wildman–Crippen MR) is 81.2 cm³/mol. The molecule has 0 aliphatic carbocycles. The van der Waals surface area contributed by atoms with Crippen LogP contribution < -0.4 is 0 Å². The third kappa shape index (κ3) is 3.22. The number of benzene rings is 1. The lowest BCUT2D eigenvalue weighted by Crippen LogP contribution is -2.10. The first-order valence-corrected chi connectivity index (χ1v) is 8.69. The molecule has 0 atom stereocenters. The summed E-state index contributed by atoms with van der Waals surface area (Å²) in [5, 5.41) is 0.706. The van der Waals surface area contributed by atoms with Gasteiger partial charge in [-0.15, -0.1) is 0 Å². The molecule has 7 heteroatoms. The molecule has 4 nitrogen and oxygen atoms in total. The second kappa shape index (κ2) is 5.47. The summed E-state index contributed by atoms with van der Waals surface area (Å²) in [6.07, 6.45) is 1.66. The number of nitrogens with zero attached hydrogens (tertiary/aromatic N) is 2. The Bertz CT molecular complexity index is 774. The molecule has 0 aliphatic rings. The van der Waals surface area contributed by atoms with Crippen molar-refractivity contribution in [3.63, 3.8) is 0 Å². The van der Waals surface area contributed by atoms with Gasteiger partial charge >= 0.3 is 0 Å². The Morgan fingerprint density at radius 3 is 2.05 bits per heavy atom. The van der Waals surface area contributed by atoms with Gasteiger partial charge in [0.1, 0.15) is 0 Å². The summed E-state index contributed by atoms with van der Waals surface area (Å²) in [6, 6.07) is 3.13. The summed E-state index contributed by atoms with van der Waals surface area (Å²) in [6.45, 7) is 3.99. The highest BCUT2D eigenvalue weighted by molar-refractivity contribution is 7.90. The van der Waals surface area contributed by atoms with Crippen molar-refractivity contribution in [2.45, 2.75) is 25.3 Å². The van der Waals surface area contributed by atoms with Gasteiger partial charge in [-0.3, -0.25) is 0 Å². The van der Waals surface area contributed by atoms with E-state index in [1.807, 2.05) is 13.8 Å². The highest BCUT2D eigenvalue weighted by Gasteiger charge is 2.19. The lowest BCUT2D eigenvalue weighted by atomic mass is 10.1. The number of hydrogen-bond acceptors (Lipinski definition) is 4. The molecule has 0 saturated heterocycles. The fourth-order valence-electron chi connectivity index (χ4n) is 1.89. The van der Waals surface area contributed by atoms with E-state index in [-0.39, 0.29) is 10.9 Å². The van der Waals surface area contributed by atoms with E-state index in [0.717, 1.165) is 6.26 Å². The molecule has 108 valence electrons. The summed E-state index contributed by atoms with van der Waals surface area (Å²) < 4.78 is 23.7. The minimum atomic E-state index is -3.44. The van der Waals surface area contributed by atoms with Crippen LogP contribution in [-0.2, 0) is 16.3 Å². The average Bonchev–Trinajstić information content (AvgIpc) is 2.28. The number of sulfone groups is 1. The van der Waals surface area contributed by atoms with Crippen LogP contribution in [0.4, 0.5) is 0 Å². The molecule has 1 aromatic heterocycles. The minimum Gasteiger partial charge on any atom is -0.248 e. The Morgan fingerprint density at radius 1 is 1.10 bits per heavy atom. The topological polar surface area (TPSA) is 59.9 Å². The van der Waals surface area contributed by atoms with Gasteiger partial charge in [-0.1, -0.05) is 37.0 Å². The van der Waals surface area contributed by atoms with Gasteiger partial charge in [0.15, 0.2) is 14.9 Å². The van der Waals surface area contributed by atoms with Gasteiger partial charge in [0.2, 0.25) is 0 Å². The first-order chi connectivity index (χ1) is 9.18. The number of aromatic nitrogens is 2. The monoisotopic (exact) mass is 332 g/mol. The molecular weight excluding hydrogens is 319 g/mol. The van der Waals surface area contributed by atoms with Crippen LogP contribution in [0.2, 0.25) is 10.0 Å². The molecule has 1 aromatic carbocycles. The second-order valence-electron chi connectivity index (χ2n) is 5.10. The van der Waals surface area contributed by atoms with Crippen molar-refractivity contribution in [1.29, 1.82) is 0 Å². The highest BCUT2D eigenvalue weighted by Crippen LogP contribution is 2.28. The van der Waals surface area contributed by atoms with E-state index in [4.69, 9.17) is 23.2 Å². The van der Waals surface area contributed by atoms with Crippen LogP contribution in [0.15, 0.2) is 17.2 Å². The van der Waals surface area contributed by atoms with Gasteiger partial charge in [0, 0.05) is 6.26 Å². The first kappa shape index (κ1) is 15.5. The fourth-order valence-corrected chi connectivity index (χ4v) is 3.03. The first-order valence-electron chi connectivity index (χ1n) is 6.04. The zero-order chi connectivity index (χ0) is 15.1. The van der Waals surface area contributed by atoms with E-state index >= 15 is 0 Å². The molecular formula is C13H14Cl2N2O2S. The lowest BCUT2D eigenvalue weighted by Gasteiger charge is -2.10. The van der Waals surface area contributed by atoms with Crippen LogP contribution >= 0.6 is 23.2 Å². The average molecular weight is 333 g/mol. The molecule has 0 spiro atoms. The predicted octanol–water partition coefficient (Wildman–Crippen LogP) is 3.54. The molecule has 0 unspecified atom stereocenters. The van der Waals surface area contributed by atoms with Crippen molar-refractivity contribution < 1.29 is 8.42 Å². The molecule has 2 rings (SSSR count). The zero-order valence-electron chi connectivity index (χ0n) is 11.3. The summed E-state index contributed by atoms with van der Waals surface area (Å²) in [4.78, 5) is 8.61. The number of fused-ring (bicyclic) bond motifs is 1. The molecule has 0 radical (unpaired) electrons. The van der Waals surface area contributed by atoms with E-state index in [0.29, 0.717) is 33.2 Å². The zero-order valence-corrected chi connectivity index (χ0v) is 13.6. The van der Waals surface area contributed by atoms with Crippen LogP contribution in [-0.4, -0.2) is 24.6 Å². The maximum Gasteiger partial charge on any atom is 0.194 e. The molecule has 0 fully saturated rings. The van der Waals surface area contributed by atoms with Gasteiger partial charge < -0.3 is 0 Å². The molecule has 0 amide bonds. The van der Waals surface area contributed by atoms with Gasteiger partial charge in [0.05, 0.1) is 26.8 Å². The molecule has 20 heavy (non-hydrogen) atoms. The lowest BCUT2D eigenvalue weighted by molar-refractivity contribution is 0.586. The molecule has 2 aromatic rings. The second-order valence-corrected chi connectivity index (χ2v) is 7.85. The van der Waals surface area contributed by atoms with Crippen LogP contribution in [0.5, 0.6) is 0 Å². The maximum absolute atomic E-state index is 11.9. The standard InChI is InChI=1S/C13H14Cl2N2O2S/c1-7(2)4-12-13(20(3,18)19)17-11-6-9(15)8(14)5-10(11)16-12/h5-7H,4H2,1-3H3. The van der Waals surface area contributed by atoms with Gasteiger partial charge in [0.25, 0.3) is 0 Å². The van der Waals surface area contributed by atoms with Crippen molar-refractivity contribution in [1.82, 2.24) is 9.97 Å². The molecule has 1 heterocycles. The van der Waals surface area contributed by atoms with Crippen molar-refractivity contribution in [2.75, 3.05) is 6.26 Å². The van der Waals surface area contributed by atoms with Gasteiger partial charge in [-0.25, -0.2) is 18.4 Å². The SMILES string of the molecule is CC(C)Cc1nc2cc(Cl)c(Cl)cc2nc1S(C)(=O)=O. The molecule has 0 aliphatic heterocycles. The largest absolute Gasteiger partial charge is 0.248 e. The summed E-state index contributed by atoms with van der Waals surface area (Å²) in [5.74, 6) is 0.269. The third-order valence-electron chi connectivity index (χ3n) is 2.69. The van der Waals surface area contributed by atoms with Crippen LogP contribution in [0.1, 0.15) is 19.5 Å². The van der Waals surface area contributed by atoms with Gasteiger partial charge in [-0.2, -0.15) is 0 Å². The summed E-state index contributed by atoms with van der Waals surface area (Å²) in [7, 11) is -3.44. The van der Waals surface area contributed by atoms with Crippen LogP contribution in [0.25, 0.3) is 11.0 Å².